The molecule has 6 rings (SSSR count). The van der Waals surface area contributed by atoms with Gasteiger partial charge in [0, 0.05) is 29.6 Å². The molecule has 4 aromatic rings. The van der Waals surface area contributed by atoms with Crippen molar-refractivity contribution in [2.75, 3.05) is 6.54 Å². The molecule has 3 heterocycles. The Morgan fingerprint density at radius 1 is 1.16 bits per heavy atom. The third-order valence-corrected chi connectivity index (χ3v) is 7.98. The van der Waals surface area contributed by atoms with Crippen LogP contribution in [0.15, 0.2) is 42.5 Å². The number of fused-ring (bicyclic) bond motifs is 6. The predicted octanol–water partition coefficient (Wildman–Crippen LogP) is 5.68. The Balaban J connectivity index is 1.30. The van der Waals surface area contributed by atoms with Crippen LogP contribution in [-0.4, -0.2) is 37.6 Å². The molecule has 1 saturated carbocycles. The van der Waals surface area contributed by atoms with Crippen LogP contribution in [0.2, 0.25) is 0 Å². The average Bonchev–Trinajstić information content (AvgIpc) is 3.29. The number of H-pyrrole nitrogens is 1. The van der Waals surface area contributed by atoms with Crippen molar-refractivity contribution < 1.29 is 4.74 Å². The first kappa shape index (κ1) is 19.0. The van der Waals surface area contributed by atoms with Gasteiger partial charge >= 0.3 is 0 Å². The molecule has 2 bridgehead atoms. The average molecular weight is 431 g/mol. The Kier molecular flexibility index (Phi) is 4.06. The maximum Gasteiger partial charge on any atom is 0.265 e. The lowest BCUT2D eigenvalue weighted by atomic mass is 9.65. The molecule has 2 aromatic heterocycles. The van der Waals surface area contributed by atoms with Gasteiger partial charge in [0.25, 0.3) is 5.17 Å². The molecule has 2 fully saturated rings. The quantitative estimate of drug-likeness (QED) is 0.394. The fourth-order valence-electron chi connectivity index (χ4n) is 5.62. The topological polar surface area (TPSA) is 54.0 Å². The molecule has 2 aliphatic rings. The highest BCUT2D eigenvalue weighted by Crippen LogP contribution is 2.49. The van der Waals surface area contributed by atoms with Gasteiger partial charge in [-0.25, -0.2) is 9.97 Å². The SMILES string of the molecule is CC1C2CC(CC1(C)C)N(C(=S)Oc1ccc3nc4[nH]c5ccccc5c4nc3c1)C2. The van der Waals surface area contributed by atoms with Gasteiger partial charge in [0.05, 0.1) is 11.0 Å². The molecular weight excluding hydrogens is 404 g/mol. The number of thiocarbonyl (C=S) groups is 1. The second-order valence-corrected chi connectivity index (χ2v) is 10.2. The number of likely N-dealkylation sites (tertiary alicyclic amines) is 1. The van der Waals surface area contributed by atoms with Crippen molar-refractivity contribution in [3.63, 3.8) is 0 Å². The van der Waals surface area contributed by atoms with Gasteiger partial charge in [-0.05, 0) is 60.5 Å². The van der Waals surface area contributed by atoms with E-state index in [1.54, 1.807) is 0 Å². The highest BCUT2D eigenvalue weighted by molar-refractivity contribution is 7.80. The Hall–Kier alpha value is -2.73. The zero-order valence-corrected chi connectivity index (χ0v) is 18.9. The van der Waals surface area contributed by atoms with E-state index >= 15 is 0 Å². The molecule has 2 aromatic carbocycles. The van der Waals surface area contributed by atoms with E-state index in [2.05, 4.69) is 36.7 Å². The zero-order chi connectivity index (χ0) is 21.3. The van der Waals surface area contributed by atoms with Gasteiger partial charge < -0.3 is 14.6 Å². The standard InChI is InChI=1S/C25H26N4OS/c1-14-15-10-16(12-25(14,2)3)29(13-15)24(31)30-17-8-9-20-21(11-17)26-22-18-6-4-5-7-19(18)27-23(22)28-20/h4-9,11,14-16H,10,12-13H2,1-3H3,(H,27,28). The van der Waals surface area contributed by atoms with Crippen molar-refractivity contribution in [2.24, 2.45) is 17.3 Å². The van der Waals surface area contributed by atoms with E-state index in [4.69, 9.17) is 26.9 Å². The van der Waals surface area contributed by atoms with Crippen LogP contribution in [0, 0.1) is 17.3 Å². The molecule has 1 aliphatic heterocycles. The predicted molar refractivity (Wildman–Crippen MR) is 128 cm³/mol. The maximum atomic E-state index is 6.18. The largest absolute Gasteiger partial charge is 0.432 e. The Morgan fingerprint density at radius 3 is 2.87 bits per heavy atom. The molecule has 6 heteroatoms. The molecule has 0 spiro atoms. The van der Waals surface area contributed by atoms with Crippen LogP contribution in [0.4, 0.5) is 0 Å². The third kappa shape index (κ3) is 2.99. The number of ether oxygens (including phenoxy) is 1. The number of aromatic amines is 1. The van der Waals surface area contributed by atoms with Crippen molar-refractivity contribution >= 4 is 50.5 Å². The van der Waals surface area contributed by atoms with E-state index in [9.17, 15) is 0 Å². The minimum absolute atomic E-state index is 0.348. The van der Waals surface area contributed by atoms with Gasteiger partial charge in [-0.15, -0.1) is 0 Å². The first-order valence-electron chi connectivity index (χ1n) is 11.1. The van der Waals surface area contributed by atoms with E-state index in [0.717, 1.165) is 51.8 Å². The number of benzene rings is 2. The van der Waals surface area contributed by atoms with Crippen LogP contribution in [-0.2, 0) is 0 Å². The van der Waals surface area contributed by atoms with E-state index in [0.29, 0.717) is 28.5 Å². The molecule has 1 aliphatic carbocycles. The van der Waals surface area contributed by atoms with Crippen LogP contribution in [0.3, 0.4) is 0 Å². The summed E-state index contributed by atoms with van der Waals surface area (Å²) in [5.74, 6) is 2.11. The molecule has 5 nitrogen and oxygen atoms in total. The highest BCUT2D eigenvalue weighted by Gasteiger charge is 2.48. The summed E-state index contributed by atoms with van der Waals surface area (Å²) in [7, 11) is 0. The van der Waals surface area contributed by atoms with Gasteiger partial charge in [0.1, 0.15) is 11.3 Å². The zero-order valence-electron chi connectivity index (χ0n) is 18.1. The molecular formula is C25H26N4OS. The second-order valence-electron chi connectivity index (χ2n) is 9.89. The lowest BCUT2D eigenvalue weighted by Gasteiger charge is -2.40. The summed E-state index contributed by atoms with van der Waals surface area (Å²) in [6, 6.07) is 14.5. The summed E-state index contributed by atoms with van der Waals surface area (Å²) in [6.45, 7) is 8.16. The monoisotopic (exact) mass is 430 g/mol. The normalized spacial score (nSPS) is 24.9. The van der Waals surface area contributed by atoms with Gasteiger partial charge in [-0.3, -0.25) is 0 Å². The van der Waals surface area contributed by atoms with Crippen LogP contribution < -0.4 is 4.74 Å². The van der Waals surface area contributed by atoms with Gasteiger partial charge in [-0.2, -0.15) is 0 Å². The maximum absolute atomic E-state index is 6.18. The number of nitrogens with zero attached hydrogens (tertiary/aromatic N) is 3. The highest BCUT2D eigenvalue weighted by atomic mass is 32.1. The van der Waals surface area contributed by atoms with Crippen molar-refractivity contribution in [1.29, 1.82) is 0 Å². The van der Waals surface area contributed by atoms with Crippen molar-refractivity contribution in [1.82, 2.24) is 19.9 Å². The number of rotatable bonds is 1. The molecule has 31 heavy (non-hydrogen) atoms. The lowest BCUT2D eigenvalue weighted by molar-refractivity contribution is 0.106. The molecule has 158 valence electrons. The molecule has 3 atom stereocenters. The Morgan fingerprint density at radius 2 is 2.00 bits per heavy atom. The van der Waals surface area contributed by atoms with E-state index in [-0.39, 0.29) is 0 Å². The number of hydrogen-bond donors (Lipinski definition) is 1. The van der Waals surface area contributed by atoms with Crippen molar-refractivity contribution in [3.05, 3.63) is 42.5 Å². The fourth-order valence-corrected chi connectivity index (χ4v) is 5.94. The lowest BCUT2D eigenvalue weighted by Crippen LogP contribution is -2.40. The summed E-state index contributed by atoms with van der Waals surface area (Å²) < 4.78 is 6.18. The number of para-hydroxylation sites is 1. The summed E-state index contributed by atoms with van der Waals surface area (Å²) in [5.41, 5.74) is 4.73. The van der Waals surface area contributed by atoms with Crippen LogP contribution in [0.5, 0.6) is 5.75 Å². The summed E-state index contributed by atoms with van der Waals surface area (Å²) in [5, 5.41) is 1.66. The first-order chi connectivity index (χ1) is 14.9. The van der Waals surface area contributed by atoms with Gasteiger partial charge in [-0.1, -0.05) is 39.0 Å². The van der Waals surface area contributed by atoms with E-state index < -0.39 is 0 Å². The van der Waals surface area contributed by atoms with Crippen molar-refractivity contribution in [3.8, 4) is 5.75 Å². The minimum Gasteiger partial charge on any atom is -0.432 e. The van der Waals surface area contributed by atoms with Crippen LogP contribution in [0.25, 0.3) is 33.1 Å². The van der Waals surface area contributed by atoms with Crippen LogP contribution >= 0.6 is 12.2 Å². The summed E-state index contributed by atoms with van der Waals surface area (Å²) >= 11 is 5.75. The number of hydrogen-bond acceptors (Lipinski definition) is 4. The van der Waals surface area contributed by atoms with E-state index in [1.807, 2.05) is 36.4 Å². The smallest absolute Gasteiger partial charge is 0.265 e. The third-order valence-electron chi connectivity index (χ3n) is 7.66. The molecule has 1 saturated heterocycles. The van der Waals surface area contributed by atoms with Gasteiger partial charge in [0.2, 0.25) is 0 Å². The number of aromatic nitrogens is 3. The first-order valence-corrected chi connectivity index (χ1v) is 11.5. The van der Waals surface area contributed by atoms with E-state index in [1.165, 1.54) is 6.42 Å². The fraction of sp³-hybridized carbons (Fsp3) is 0.400. The Bertz CT molecular complexity index is 1340. The van der Waals surface area contributed by atoms with Gasteiger partial charge in [0.15, 0.2) is 5.65 Å². The molecule has 3 unspecified atom stereocenters. The van der Waals surface area contributed by atoms with Crippen molar-refractivity contribution in [2.45, 2.75) is 39.7 Å². The number of nitrogens with one attached hydrogen (secondary N) is 1. The molecule has 0 amide bonds. The molecule has 1 N–H and O–H groups in total. The summed E-state index contributed by atoms with van der Waals surface area (Å²) in [4.78, 5) is 15.3. The van der Waals surface area contributed by atoms with Crippen LogP contribution in [0.1, 0.15) is 33.6 Å². The second kappa shape index (κ2) is 6.63. The Labute approximate surface area is 186 Å². The summed E-state index contributed by atoms with van der Waals surface area (Å²) in [6.07, 6.45) is 2.38. The minimum atomic E-state index is 0.348. The molecule has 0 radical (unpaired) electrons.